The van der Waals surface area contributed by atoms with E-state index in [1.54, 1.807) is 24.3 Å². The van der Waals surface area contributed by atoms with Gasteiger partial charge in [0.25, 0.3) is 0 Å². The highest BCUT2D eigenvalue weighted by Gasteiger charge is 2.24. The number of rotatable bonds is 8. The van der Waals surface area contributed by atoms with Crippen LogP contribution in [0.15, 0.2) is 59.5 Å². The Balaban J connectivity index is 2.09. The van der Waals surface area contributed by atoms with Crippen molar-refractivity contribution in [3.63, 3.8) is 0 Å². The van der Waals surface area contributed by atoms with Crippen LogP contribution >= 0.6 is 0 Å². The van der Waals surface area contributed by atoms with Crippen molar-refractivity contribution < 1.29 is 13.2 Å². The van der Waals surface area contributed by atoms with Crippen molar-refractivity contribution in [1.82, 2.24) is 9.62 Å². The molecule has 0 fully saturated rings. The van der Waals surface area contributed by atoms with Gasteiger partial charge in [-0.25, -0.2) is 8.42 Å². The van der Waals surface area contributed by atoms with Gasteiger partial charge in [-0.1, -0.05) is 61.9 Å². The fourth-order valence-electron chi connectivity index (χ4n) is 2.85. The summed E-state index contributed by atoms with van der Waals surface area (Å²) in [4.78, 5) is 12.7. The zero-order chi connectivity index (χ0) is 20.0. The molecule has 1 atom stereocenters. The van der Waals surface area contributed by atoms with Gasteiger partial charge < -0.3 is 5.32 Å². The topological polar surface area (TPSA) is 66.5 Å². The van der Waals surface area contributed by atoms with E-state index in [2.05, 4.69) is 19.2 Å². The summed E-state index contributed by atoms with van der Waals surface area (Å²) in [6, 6.07) is 16.2. The molecule has 0 heterocycles. The normalized spacial score (nSPS) is 13.0. The predicted molar refractivity (Wildman–Crippen MR) is 108 cm³/mol. The zero-order valence-corrected chi connectivity index (χ0v) is 17.2. The number of hydrogen-bond acceptors (Lipinski definition) is 3. The van der Waals surface area contributed by atoms with Crippen molar-refractivity contribution in [1.29, 1.82) is 0 Å². The van der Waals surface area contributed by atoms with Gasteiger partial charge >= 0.3 is 0 Å². The van der Waals surface area contributed by atoms with E-state index < -0.39 is 10.0 Å². The summed E-state index contributed by atoms with van der Waals surface area (Å²) in [5.74, 6) is 0.0761. The number of carbonyl (C=O) groups is 1. The summed E-state index contributed by atoms with van der Waals surface area (Å²) in [6.45, 7) is 5.86. The number of sulfonamides is 1. The Morgan fingerprint density at radius 3 is 2.19 bits per heavy atom. The molecular weight excluding hydrogens is 360 g/mol. The molecule has 2 aromatic rings. The Bertz CT molecular complexity index is 847. The molecule has 0 bridgehead atoms. The van der Waals surface area contributed by atoms with E-state index in [-0.39, 0.29) is 23.4 Å². The van der Waals surface area contributed by atoms with Crippen LogP contribution in [0.5, 0.6) is 0 Å². The molecule has 0 aliphatic rings. The Morgan fingerprint density at radius 1 is 1.04 bits per heavy atom. The van der Waals surface area contributed by atoms with Gasteiger partial charge in [0.15, 0.2) is 0 Å². The monoisotopic (exact) mass is 388 g/mol. The highest BCUT2D eigenvalue weighted by atomic mass is 32.2. The minimum atomic E-state index is -3.70. The molecule has 1 amide bonds. The number of hydrogen-bond donors (Lipinski definition) is 1. The van der Waals surface area contributed by atoms with E-state index in [0.29, 0.717) is 5.92 Å². The Morgan fingerprint density at radius 2 is 1.63 bits per heavy atom. The van der Waals surface area contributed by atoms with Crippen LogP contribution in [0.4, 0.5) is 0 Å². The van der Waals surface area contributed by atoms with Crippen LogP contribution < -0.4 is 5.32 Å². The average Bonchev–Trinajstić information content (AvgIpc) is 2.61. The summed E-state index contributed by atoms with van der Waals surface area (Å²) in [6.07, 6.45) is 0.782. The molecule has 0 spiro atoms. The largest absolute Gasteiger partial charge is 0.348 e. The summed E-state index contributed by atoms with van der Waals surface area (Å²) < 4.78 is 26.4. The van der Waals surface area contributed by atoms with Crippen LogP contribution in [-0.2, 0) is 14.8 Å². The smallest absolute Gasteiger partial charge is 0.243 e. The van der Waals surface area contributed by atoms with Crippen molar-refractivity contribution in [2.24, 2.45) is 5.92 Å². The summed E-state index contributed by atoms with van der Waals surface area (Å²) >= 11 is 0. The van der Waals surface area contributed by atoms with Gasteiger partial charge in [-0.05, 0) is 37.0 Å². The van der Waals surface area contributed by atoms with Crippen molar-refractivity contribution >= 4 is 15.9 Å². The van der Waals surface area contributed by atoms with Gasteiger partial charge in [0.2, 0.25) is 15.9 Å². The third-order valence-corrected chi connectivity index (χ3v) is 6.16. The first kappa shape index (κ1) is 21.1. The number of carbonyl (C=O) groups excluding carboxylic acids is 1. The molecule has 2 rings (SSSR count). The van der Waals surface area contributed by atoms with Crippen molar-refractivity contribution in [3.8, 4) is 0 Å². The van der Waals surface area contributed by atoms with Gasteiger partial charge in [0.1, 0.15) is 0 Å². The first-order valence-electron chi connectivity index (χ1n) is 9.07. The lowest BCUT2D eigenvalue weighted by Gasteiger charge is -2.23. The fraction of sp³-hybridized carbons (Fsp3) is 0.381. The minimum Gasteiger partial charge on any atom is -0.348 e. The average molecular weight is 389 g/mol. The third-order valence-electron chi connectivity index (χ3n) is 4.34. The van der Waals surface area contributed by atoms with Crippen LogP contribution in [0.1, 0.15) is 37.4 Å². The second-order valence-corrected chi connectivity index (χ2v) is 9.28. The van der Waals surface area contributed by atoms with Crippen molar-refractivity contribution in [3.05, 3.63) is 65.7 Å². The molecule has 5 nitrogen and oxygen atoms in total. The maximum atomic E-state index is 12.7. The van der Waals surface area contributed by atoms with E-state index in [0.717, 1.165) is 21.9 Å². The zero-order valence-electron chi connectivity index (χ0n) is 16.3. The van der Waals surface area contributed by atoms with Gasteiger partial charge in [0.05, 0.1) is 17.5 Å². The number of amides is 1. The lowest BCUT2D eigenvalue weighted by Crippen LogP contribution is -2.40. The number of nitrogens with zero attached hydrogens (tertiary/aromatic N) is 1. The van der Waals surface area contributed by atoms with Crippen LogP contribution in [0.3, 0.4) is 0 Å². The number of aryl methyl sites for hydroxylation is 1. The van der Waals surface area contributed by atoms with Gasteiger partial charge in [-0.3, -0.25) is 4.79 Å². The van der Waals surface area contributed by atoms with E-state index in [1.165, 1.54) is 7.05 Å². The summed E-state index contributed by atoms with van der Waals surface area (Å²) in [7, 11) is -2.28. The van der Waals surface area contributed by atoms with Gasteiger partial charge in [0, 0.05) is 7.05 Å². The molecule has 0 saturated carbocycles. The quantitative estimate of drug-likeness (QED) is 0.752. The second-order valence-electron chi connectivity index (χ2n) is 7.23. The molecule has 146 valence electrons. The molecule has 6 heteroatoms. The van der Waals surface area contributed by atoms with Crippen LogP contribution in [0.2, 0.25) is 0 Å². The molecule has 1 N–H and O–H groups in total. The first-order valence-corrected chi connectivity index (χ1v) is 10.5. The van der Waals surface area contributed by atoms with Gasteiger partial charge in [-0.2, -0.15) is 4.31 Å². The number of nitrogens with one attached hydrogen (secondary N) is 1. The molecule has 0 aliphatic carbocycles. The fourth-order valence-corrected chi connectivity index (χ4v) is 3.98. The van der Waals surface area contributed by atoms with Gasteiger partial charge in [-0.15, -0.1) is 0 Å². The number of benzene rings is 2. The molecular formula is C21H28N2O3S. The van der Waals surface area contributed by atoms with Crippen LogP contribution in [-0.4, -0.2) is 32.2 Å². The maximum Gasteiger partial charge on any atom is 0.243 e. The first-order chi connectivity index (χ1) is 12.7. The molecule has 0 radical (unpaired) electrons. The van der Waals surface area contributed by atoms with Crippen molar-refractivity contribution in [2.75, 3.05) is 13.6 Å². The third kappa shape index (κ3) is 5.91. The van der Waals surface area contributed by atoms with Crippen LogP contribution in [0, 0.1) is 12.8 Å². The second kappa shape index (κ2) is 9.15. The summed E-state index contributed by atoms with van der Waals surface area (Å²) in [5.41, 5.74) is 2.00. The molecule has 0 aliphatic heterocycles. The van der Waals surface area contributed by atoms with Crippen molar-refractivity contribution in [2.45, 2.75) is 38.1 Å². The van der Waals surface area contributed by atoms with E-state index in [9.17, 15) is 13.2 Å². The predicted octanol–water partition coefficient (Wildman–Crippen LogP) is 3.52. The lowest BCUT2D eigenvalue weighted by molar-refractivity contribution is -0.122. The Labute approximate surface area is 162 Å². The minimum absolute atomic E-state index is 0.144. The summed E-state index contributed by atoms with van der Waals surface area (Å²) in [5, 5.41) is 2.98. The lowest BCUT2D eigenvalue weighted by atomic mass is 9.97. The van der Waals surface area contributed by atoms with E-state index >= 15 is 0 Å². The highest BCUT2D eigenvalue weighted by molar-refractivity contribution is 7.89. The molecule has 2 aromatic carbocycles. The standard InChI is InChI=1S/C21H28N2O3S/c1-16(2)14-20(18-8-6-5-7-9-18)22-21(24)15-23(4)27(25,26)19-12-10-17(3)11-13-19/h5-13,16,20H,14-15H2,1-4H3,(H,22,24)/t20-/m0/s1. The SMILES string of the molecule is Cc1ccc(S(=O)(=O)N(C)CC(=O)N[C@@H](CC(C)C)c2ccccc2)cc1. The highest BCUT2D eigenvalue weighted by Crippen LogP contribution is 2.21. The Hall–Kier alpha value is -2.18. The van der Waals surface area contributed by atoms with E-state index in [4.69, 9.17) is 0 Å². The van der Waals surface area contributed by atoms with Crippen LogP contribution in [0.25, 0.3) is 0 Å². The maximum absolute atomic E-state index is 12.7. The number of likely N-dealkylation sites (N-methyl/N-ethyl adjacent to an activating group) is 1. The Kier molecular flexibility index (Phi) is 7.16. The van der Waals surface area contributed by atoms with E-state index in [1.807, 2.05) is 37.3 Å². The molecule has 0 unspecified atom stereocenters. The molecule has 0 aromatic heterocycles. The molecule has 27 heavy (non-hydrogen) atoms. The molecule has 0 saturated heterocycles.